The molecular formula is C19H24O4. The first kappa shape index (κ1) is 17.0. The highest BCUT2D eigenvalue weighted by atomic mass is 16.5. The third-order valence-electron chi connectivity index (χ3n) is 3.66. The Hall–Kier alpha value is -2.36. The quantitative estimate of drug-likeness (QED) is 0.758. The van der Waals surface area contributed by atoms with Gasteiger partial charge in [-0.2, -0.15) is 0 Å². The SMILES string of the molecule is COc1cc(COc2ccccc2)c(OC)c(OC)c1C(C)C. The van der Waals surface area contributed by atoms with Crippen LogP contribution in [0.1, 0.15) is 30.9 Å². The molecule has 2 aromatic rings. The molecule has 0 aliphatic rings. The summed E-state index contributed by atoms with van der Waals surface area (Å²) in [6.45, 7) is 4.57. The lowest BCUT2D eigenvalue weighted by molar-refractivity contribution is 0.287. The minimum absolute atomic E-state index is 0.248. The molecule has 0 aliphatic carbocycles. The molecule has 4 nitrogen and oxygen atoms in total. The van der Waals surface area contributed by atoms with E-state index in [-0.39, 0.29) is 5.92 Å². The smallest absolute Gasteiger partial charge is 0.168 e. The molecule has 0 aliphatic heterocycles. The van der Waals surface area contributed by atoms with Crippen molar-refractivity contribution in [1.29, 1.82) is 0 Å². The Kier molecular flexibility index (Phi) is 5.74. The van der Waals surface area contributed by atoms with E-state index in [1.54, 1.807) is 21.3 Å². The maximum atomic E-state index is 5.84. The van der Waals surface area contributed by atoms with Crippen LogP contribution in [0.15, 0.2) is 36.4 Å². The molecule has 4 heteroatoms. The average Bonchev–Trinajstić information content (AvgIpc) is 2.58. The predicted octanol–water partition coefficient (Wildman–Crippen LogP) is 4.41. The summed E-state index contributed by atoms with van der Waals surface area (Å²) >= 11 is 0. The fraction of sp³-hybridized carbons (Fsp3) is 0.368. The highest BCUT2D eigenvalue weighted by molar-refractivity contribution is 5.59. The summed E-state index contributed by atoms with van der Waals surface area (Å²) in [6, 6.07) is 11.6. The molecule has 124 valence electrons. The van der Waals surface area contributed by atoms with Gasteiger partial charge >= 0.3 is 0 Å². The van der Waals surface area contributed by atoms with E-state index in [4.69, 9.17) is 18.9 Å². The maximum Gasteiger partial charge on any atom is 0.168 e. The zero-order valence-corrected chi connectivity index (χ0v) is 14.4. The van der Waals surface area contributed by atoms with Crippen LogP contribution >= 0.6 is 0 Å². The number of benzene rings is 2. The molecular weight excluding hydrogens is 292 g/mol. The van der Waals surface area contributed by atoms with Crippen molar-refractivity contribution in [2.24, 2.45) is 0 Å². The van der Waals surface area contributed by atoms with Crippen molar-refractivity contribution in [3.05, 3.63) is 47.5 Å². The van der Waals surface area contributed by atoms with Crippen molar-refractivity contribution in [2.45, 2.75) is 26.4 Å². The number of para-hydroxylation sites is 1. The number of hydrogen-bond acceptors (Lipinski definition) is 4. The van der Waals surface area contributed by atoms with Crippen LogP contribution in [-0.2, 0) is 6.61 Å². The van der Waals surface area contributed by atoms with E-state index in [1.165, 1.54) is 0 Å². The molecule has 0 saturated heterocycles. The average molecular weight is 316 g/mol. The first-order valence-electron chi connectivity index (χ1n) is 7.61. The molecule has 0 saturated carbocycles. The Labute approximate surface area is 137 Å². The molecule has 0 amide bonds. The lowest BCUT2D eigenvalue weighted by atomic mass is 9.97. The van der Waals surface area contributed by atoms with Crippen LogP contribution in [0.3, 0.4) is 0 Å². The van der Waals surface area contributed by atoms with Crippen molar-refractivity contribution in [1.82, 2.24) is 0 Å². The molecule has 0 unspecified atom stereocenters. The Morgan fingerprint density at radius 1 is 0.870 bits per heavy atom. The Balaban J connectivity index is 2.42. The van der Waals surface area contributed by atoms with Gasteiger partial charge in [0, 0.05) is 11.1 Å². The Morgan fingerprint density at radius 3 is 2.04 bits per heavy atom. The van der Waals surface area contributed by atoms with Crippen LogP contribution in [0.4, 0.5) is 0 Å². The van der Waals surface area contributed by atoms with Gasteiger partial charge in [0.15, 0.2) is 11.5 Å². The number of rotatable bonds is 7. The van der Waals surface area contributed by atoms with Gasteiger partial charge in [0.2, 0.25) is 0 Å². The van der Waals surface area contributed by atoms with Gasteiger partial charge in [-0.05, 0) is 24.1 Å². The summed E-state index contributed by atoms with van der Waals surface area (Å²) in [5.41, 5.74) is 1.88. The molecule has 0 N–H and O–H groups in total. The second kappa shape index (κ2) is 7.77. The van der Waals surface area contributed by atoms with Gasteiger partial charge in [0.1, 0.15) is 18.1 Å². The van der Waals surface area contributed by atoms with Crippen LogP contribution < -0.4 is 18.9 Å². The summed E-state index contributed by atoms with van der Waals surface area (Å²) in [4.78, 5) is 0. The lowest BCUT2D eigenvalue weighted by Crippen LogP contribution is -2.06. The fourth-order valence-corrected chi connectivity index (χ4v) is 2.61. The standard InChI is InChI=1S/C19H24O4/c1-13(2)17-16(20-3)11-14(18(21-4)19(17)22-5)12-23-15-9-7-6-8-10-15/h6-11,13H,12H2,1-5H3. The fourth-order valence-electron chi connectivity index (χ4n) is 2.61. The molecule has 0 radical (unpaired) electrons. The molecule has 0 fully saturated rings. The topological polar surface area (TPSA) is 36.9 Å². The van der Waals surface area contributed by atoms with E-state index in [0.29, 0.717) is 18.1 Å². The maximum absolute atomic E-state index is 5.84. The predicted molar refractivity (Wildman–Crippen MR) is 91.0 cm³/mol. The number of methoxy groups -OCH3 is 3. The van der Waals surface area contributed by atoms with Gasteiger partial charge in [-0.15, -0.1) is 0 Å². The van der Waals surface area contributed by atoms with Crippen molar-refractivity contribution in [2.75, 3.05) is 21.3 Å². The Morgan fingerprint density at radius 2 is 1.52 bits per heavy atom. The van der Waals surface area contributed by atoms with Crippen LogP contribution in [0.2, 0.25) is 0 Å². The van der Waals surface area contributed by atoms with Crippen LogP contribution in [0.25, 0.3) is 0 Å². The molecule has 0 bridgehead atoms. The third-order valence-corrected chi connectivity index (χ3v) is 3.66. The lowest BCUT2D eigenvalue weighted by Gasteiger charge is -2.21. The Bertz CT molecular complexity index is 636. The van der Waals surface area contributed by atoms with E-state index >= 15 is 0 Å². The normalized spacial score (nSPS) is 10.5. The first-order chi connectivity index (χ1) is 11.1. The number of ether oxygens (including phenoxy) is 4. The highest BCUT2D eigenvalue weighted by Gasteiger charge is 2.22. The molecule has 0 atom stereocenters. The molecule has 23 heavy (non-hydrogen) atoms. The van der Waals surface area contributed by atoms with Crippen molar-refractivity contribution in [3.63, 3.8) is 0 Å². The van der Waals surface area contributed by atoms with Crippen molar-refractivity contribution in [3.8, 4) is 23.0 Å². The largest absolute Gasteiger partial charge is 0.496 e. The van der Waals surface area contributed by atoms with E-state index < -0.39 is 0 Å². The highest BCUT2D eigenvalue weighted by Crippen LogP contribution is 2.44. The first-order valence-corrected chi connectivity index (χ1v) is 7.61. The molecule has 0 heterocycles. The van der Waals surface area contributed by atoms with Crippen LogP contribution in [0, 0.1) is 0 Å². The molecule has 0 spiro atoms. The second-order valence-electron chi connectivity index (χ2n) is 5.47. The minimum atomic E-state index is 0.248. The summed E-state index contributed by atoms with van der Waals surface area (Å²) < 4.78 is 22.6. The van der Waals surface area contributed by atoms with Crippen LogP contribution in [0.5, 0.6) is 23.0 Å². The third kappa shape index (κ3) is 3.70. The van der Waals surface area contributed by atoms with Gasteiger partial charge in [0.05, 0.1) is 21.3 Å². The van der Waals surface area contributed by atoms with E-state index in [1.807, 2.05) is 36.4 Å². The van der Waals surface area contributed by atoms with Gasteiger partial charge in [0.25, 0.3) is 0 Å². The van der Waals surface area contributed by atoms with Crippen molar-refractivity contribution < 1.29 is 18.9 Å². The molecule has 2 rings (SSSR count). The minimum Gasteiger partial charge on any atom is -0.496 e. The summed E-state index contributed by atoms with van der Waals surface area (Å²) in [5.74, 6) is 3.23. The van der Waals surface area contributed by atoms with Gasteiger partial charge in [-0.3, -0.25) is 0 Å². The second-order valence-corrected chi connectivity index (χ2v) is 5.47. The summed E-state index contributed by atoms with van der Waals surface area (Å²) in [6.07, 6.45) is 0. The van der Waals surface area contributed by atoms with E-state index in [9.17, 15) is 0 Å². The molecule has 2 aromatic carbocycles. The van der Waals surface area contributed by atoms with Gasteiger partial charge in [-0.25, -0.2) is 0 Å². The van der Waals surface area contributed by atoms with Gasteiger partial charge < -0.3 is 18.9 Å². The monoisotopic (exact) mass is 316 g/mol. The number of hydrogen-bond donors (Lipinski definition) is 0. The summed E-state index contributed by atoms with van der Waals surface area (Å²) in [5, 5.41) is 0. The zero-order valence-electron chi connectivity index (χ0n) is 14.4. The van der Waals surface area contributed by atoms with Crippen LogP contribution in [-0.4, -0.2) is 21.3 Å². The summed E-state index contributed by atoms with van der Waals surface area (Å²) in [7, 11) is 4.94. The van der Waals surface area contributed by atoms with Crippen molar-refractivity contribution >= 4 is 0 Å². The zero-order chi connectivity index (χ0) is 16.8. The van der Waals surface area contributed by atoms with E-state index in [0.717, 1.165) is 22.6 Å². The molecule has 0 aromatic heterocycles. The van der Waals surface area contributed by atoms with Gasteiger partial charge in [-0.1, -0.05) is 32.0 Å². The van der Waals surface area contributed by atoms with E-state index in [2.05, 4.69) is 13.8 Å².